The third kappa shape index (κ3) is 2.95. The predicted molar refractivity (Wildman–Crippen MR) is 83.6 cm³/mol. The van der Waals surface area contributed by atoms with Gasteiger partial charge < -0.3 is 15.2 Å². The Morgan fingerprint density at radius 1 is 1.05 bits per heavy atom. The smallest absolute Gasteiger partial charge is 0.141 e. The molecule has 0 aliphatic rings. The van der Waals surface area contributed by atoms with E-state index in [9.17, 15) is 9.90 Å². The van der Waals surface area contributed by atoms with Gasteiger partial charge in [-0.3, -0.25) is 0 Å². The number of nitrogens with one attached hydrogen (secondary N) is 1. The van der Waals surface area contributed by atoms with Gasteiger partial charge in [0.05, 0.1) is 11.5 Å². The molecule has 0 atom stereocenters. The van der Waals surface area contributed by atoms with Crippen LogP contribution in [0.4, 0.5) is 11.5 Å². The maximum absolute atomic E-state index is 10.9. The minimum Gasteiger partial charge on any atom is -0.545 e. The molecule has 0 aliphatic heterocycles. The molecule has 5 nitrogen and oxygen atoms in total. The van der Waals surface area contributed by atoms with E-state index in [1.54, 1.807) is 24.3 Å². The lowest BCUT2D eigenvalue weighted by Gasteiger charge is -2.10. The molecule has 0 saturated carbocycles. The fourth-order valence-corrected chi connectivity index (χ4v) is 2.57. The number of nitrogens with zero attached hydrogens (tertiary/aromatic N) is 2. The lowest BCUT2D eigenvalue weighted by molar-refractivity contribution is -0.255. The van der Waals surface area contributed by atoms with E-state index >= 15 is 0 Å². The van der Waals surface area contributed by atoms with Crippen molar-refractivity contribution in [2.45, 2.75) is 0 Å². The van der Waals surface area contributed by atoms with Gasteiger partial charge in [-0.2, -0.15) is 0 Å². The summed E-state index contributed by atoms with van der Waals surface area (Å²) in [5.74, 6) is -0.732. The number of fused-ring (bicyclic) bond motifs is 1. The summed E-state index contributed by atoms with van der Waals surface area (Å²) in [5, 5.41) is 15.6. The first kappa shape index (κ1) is 14.6. The minimum atomic E-state index is -1.25. The normalized spacial score (nSPS) is 10.6. The molecule has 0 amide bonds. The molecular formula is C15H8Cl2N3O2-. The number of aromatic nitrogens is 2. The summed E-state index contributed by atoms with van der Waals surface area (Å²) in [6, 6.07) is 9.53. The molecular weight excluding hydrogens is 325 g/mol. The highest BCUT2D eigenvalue weighted by Gasteiger charge is 2.06. The molecule has 0 bridgehead atoms. The van der Waals surface area contributed by atoms with Gasteiger partial charge in [0, 0.05) is 21.1 Å². The average molecular weight is 333 g/mol. The SMILES string of the molecule is O=C([O-])c1ccc2c(Nc3cc(Cl)cc(Cl)c3)ncnc2c1. The van der Waals surface area contributed by atoms with Gasteiger partial charge in [-0.25, -0.2) is 9.97 Å². The predicted octanol–water partition coefficient (Wildman–Crippen LogP) is 3.04. The Hall–Kier alpha value is -2.37. The van der Waals surface area contributed by atoms with Crippen molar-refractivity contribution in [2.75, 3.05) is 5.32 Å². The first-order valence-electron chi connectivity index (χ1n) is 6.22. The zero-order valence-corrected chi connectivity index (χ0v) is 12.5. The van der Waals surface area contributed by atoms with Crippen LogP contribution in [0.3, 0.4) is 0 Å². The maximum Gasteiger partial charge on any atom is 0.141 e. The number of hydrogen-bond donors (Lipinski definition) is 1. The number of halogens is 2. The van der Waals surface area contributed by atoms with E-state index in [4.69, 9.17) is 23.2 Å². The fourth-order valence-electron chi connectivity index (χ4n) is 2.05. The molecule has 22 heavy (non-hydrogen) atoms. The quantitative estimate of drug-likeness (QED) is 0.797. The topological polar surface area (TPSA) is 77.9 Å². The molecule has 110 valence electrons. The zero-order chi connectivity index (χ0) is 15.7. The molecule has 0 spiro atoms. The van der Waals surface area contributed by atoms with Crippen molar-refractivity contribution in [2.24, 2.45) is 0 Å². The standard InChI is InChI=1S/C15H9Cl2N3O2/c16-9-4-10(17)6-11(5-9)20-14-12-2-1-8(15(21)22)3-13(12)18-7-19-14/h1-7H,(H,21,22)(H,18,19,20)/p-1. The number of rotatable bonds is 3. The molecule has 0 aliphatic carbocycles. The second-order valence-electron chi connectivity index (χ2n) is 4.52. The third-order valence-corrected chi connectivity index (χ3v) is 3.43. The molecule has 0 radical (unpaired) electrons. The van der Waals surface area contributed by atoms with Crippen LogP contribution in [0.1, 0.15) is 10.4 Å². The van der Waals surface area contributed by atoms with Crippen LogP contribution in [0.2, 0.25) is 10.0 Å². The second-order valence-corrected chi connectivity index (χ2v) is 5.40. The number of carboxylic acids is 1. The van der Waals surface area contributed by atoms with Crippen LogP contribution in [-0.2, 0) is 0 Å². The molecule has 1 aromatic heterocycles. The Morgan fingerprint density at radius 2 is 1.77 bits per heavy atom. The van der Waals surface area contributed by atoms with Crippen molar-refractivity contribution in [1.82, 2.24) is 9.97 Å². The van der Waals surface area contributed by atoms with Crippen LogP contribution in [-0.4, -0.2) is 15.9 Å². The number of carbonyl (C=O) groups excluding carboxylic acids is 1. The Bertz CT molecular complexity index is 864. The van der Waals surface area contributed by atoms with E-state index in [1.165, 1.54) is 18.5 Å². The lowest BCUT2D eigenvalue weighted by atomic mass is 10.1. The Balaban J connectivity index is 2.05. The minimum absolute atomic E-state index is 0.0583. The molecule has 0 saturated heterocycles. The highest BCUT2D eigenvalue weighted by atomic mass is 35.5. The highest BCUT2D eigenvalue weighted by molar-refractivity contribution is 6.35. The summed E-state index contributed by atoms with van der Waals surface area (Å²) < 4.78 is 0. The summed E-state index contributed by atoms with van der Waals surface area (Å²) >= 11 is 11.9. The molecule has 3 rings (SSSR count). The van der Waals surface area contributed by atoms with Crippen molar-refractivity contribution in [3.8, 4) is 0 Å². The van der Waals surface area contributed by atoms with Crippen molar-refractivity contribution >= 4 is 51.6 Å². The van der Waals surface area contributed by atoms with Gasteiger partial charge in [-0.1, -0.05) is 29.3 Å². The van der Waals surface area contributed by atoms with Crippen LogP contribution in [0, 0.1) is 0 Å². The largest absolute Gasteiger partial charge is 0.545 e. The van der Waals surface area contributed by atoms with Gasteiger partial charge in [0.1, 0.15) is 12.1 Å². The molecule has 1 N–H and O–H groups in total. The number of carboxylic acid groups (broad SMARTS) is 1. The summed E-state index contributed by atoms with van der Waals surface area (Å²) in [7, 11) is 0. The number of aromatic carboxylic acids is 1. The van der Waals surface area contributed by atoms with Crippen molar-refractivity contribution in [3.05, 3.63) is 58.3 Å². The molecule has 2 aromatic carbocycles. The van der Waals surface area contributed by atoms with Crippen LogP contribution >= 0.6 is 23.2 Å². The Morgan fingerprint density at radius 3 is 2.45 bits per heavy atom. The van der Waals surface area contributed by atoms with E-state index in [1.807, 2.05) is 0 Å². The van der Waals surface area contributed by atoms with Gasteiger partial charge in [-0.15, -0.1) is 0 Å². The zero-order valence-electron chi connectivity index (χ0n) is 11.0. The number of hydrogen-bond acceptors (Lipinski definition) is 5. The molecule has 7 heteroatoms. The maximum atomic E-state index is 10.9. The van der Waals surface area contributed by atoms with Gasteiger partial charge in [-0.05, 0) is 35.9 Å². The van der Waals surface area contributed by atoms with E-state index < -0.39 is 5.97 Å². The van der Waals surface area contributed by atoms with E-state index in [0.717, 1.165) is 0 Å². The summed E-state index contributed by atoms with van der Waals surface area (Å²) in [6.07, 6.45) is 1.34. The van der Waals surface area contributed by atoms with Crippen molar-refractivity contribution in [1.29, 1.82) is 0 Å². The van der Waals surface area contributed by atoms with Gasteiger partial charge >= 0.3 is 0 Å². The van der Waals surface area contributed by atoms with E-state index in [0.29, 0.717) is 32.5 Å². The van der Waals surface area contributed by atoms with E-state index in [-0.39, 0.29) is 5.56 Å². The monoisotopic (exact) mass is 332 g/mol. The van der Waals surface area contributed by atoms with Crippen LogP contribution < -0.4 is 10.4 Å². The highest BCUT2D eigenvalue weighted by Crippen LogP contribution is 2.27. The Kier molecular flexibility index (Phi) is 3.83. The third-order valence-electron chi connectivity index (χ3n) is 3.00. The summed E-state index contributed by atoms with van der Waals surface area (Å²) in [6.45, 7) is 0. The number of carbonyl (C=O) groups is 1. The van der Waals surface area contributed by atoms with Crippen molar-refractivity contribution < 1.29 is 9.90 Å². The first-order chi connectivity index (χ1) is 10.5. The average Bonchev–Trinajstić information content (AvgIpc) is 2.46. The summed E-state index contributed by atoms with van der Waals surface area (Å²) in [5.41, 5.74) is 1.22. The fraction of sp³-hybridized carbons (Fsp3) is 0. The number of anilines is 2. The van der Waals surface area contributed by atoms with Crippen LogP contribution in [0.5, 0.6) is 0 Å². The summed E-state index contributed by atoms with van der Waals surface area (Å²) in [4.78, 5) is 19.1. The van der Waals surface area contributed by atoms with Gasteiger partial charge in [0.25, 0.3) is 0 Å². The number of benzene rings is 2. The molecule has 3 aromatic rings. The Labute approximate surface area is 135 Å². The first-order valence-corrected chi connectivity index (χ1v) is 6.98. The van der Waals surface area contributed by atoms with Gasteiger partial charge in [0.2, 0.25) is 0 Å². The van der Waals surface area contributed by atoms with Crippen molar-refractivity contribution in [3.63, 3.8) is 0 Å². The van der Waals surface area contributed by atoms with Crippen LogP contribution in [0.15, 0.2) is 42.7 Å². The van der Waals surface area contributed by atoms with E-state index in [2.05, 4.69) is 15.3 Å². The van der Waals surface area contributed by atoms with Gasteiger partial charge in [0.15, 0.2) is 0 Å². The molecule has 0 fully saturated rings. The van der Waals surface area contributed by atoms with Crippen LogP contribution in [0.25, 0.3) is 10.9 Å². The molecule has 0 unspecified atom stereocenters. The molecule has 1 heterocycles. The second kappa shape index (κ2) is 5.79. The lowest BCUT2D eigenvalue weighted by Crippen LogP contribution is -2.22.